The maximum absolute atomic E-state index is 12.8. The van der Waals surface area contributed by atoms with E-state index in [2.05, 4.69) is 20.0 Å². The fraction of sp³-hybridized carbons (Fsp3) is 0.556. The van der Waals surface area contributed by atoms with Gasteiger partial charge in [-0.15, -0.1) is 0 Å². The molecule has 3 heterocycles. The van der Waals surface area contributed by atoms with Gasteiger partial charge in [0.1, 0.15) is 12.1 Å². The number of hydrogen-bond acceptors (Lipinski definition) is 5. The topological polar surface area (TPSA) is 63.9 Å². The van der Waals surface area contributed by atoms with Gasteiger partial charge in [0.2, 0.25) is 0 Å². The minimum atomic E-state index is -4.55. The Labute approximate surface area is 154 Å². The molecule has 2 aromatic rings. The lowest BCUT2D eigenvalue weighted by Gasteiger charge is -2.33. The number of halogens is 3. The summed E-state index contributed by atoms with van der Waals surface area (Å²) in [6.07, 6.45) is 1.71. The fourth-order valence-corrected chi connectivity index (χ4v) is 3.92. The Morgan fingerprint density at radius 1 is 1.11 bits per heavy atom. The molecule has 0 unspecified atom stereocenters. The SMILES string of the molecule is O=c1ccc(C(F)(F)F)nn1CC1CCN(c2ncnc3c2CCC3)CC1. The lowest BCUT2D eigenvalue weighted by atomic mass is 9.96. The van der Waals surface area contributed by atoms with Gasteiger partial charge in [-0.1, -0.05) is 0 Å². The van der Waals surface area contributed by atoms with Crippen LogP contribution >= 0.6 is 0 Å². The van der Waals surface area contributed by atoms with E-state index in [0.717, 1.165) is 73.5 Å². The van der Waals surface area contributed by atoms with Crippen molar-refractivity contribution in [2.24, 2.45) is 5.92 Å². The average Bonchev–Trinajstić information content (AvgIpc) is 3.12. The molecule has 0 saturated carbocycles. The van der Waals surface area contributed by atoms with Crippen molar-refractivity contribution in [3.63, 3.8) is 0 Å². The Hall–Kier alpha value is -2.45. The van der Waals surface area contributed by atoms with Crippen molar-refractivity contribution in [1.29, 1.82) is 0 Å². The molecular weight excluding hydrogens is 359 g/mol. The Morgan fingerprint density at radius 3 is 2.63 bits per heavy atom. The molecule has 27 heavy (non-hydrogen) atoms. The highest BCUT2D eigenvalue weighted by atomic mass is 19.4. The molecule has 144 valence electrons. The third kappa shape index (κ3) is 3.68. The van der Waals surface area contributed by atoms with Gasteiger partial charge in [0, 0.05) is 37.0 Å². The van der Waals surface area contributed by atoms with Crippen LogP contribution in [0.2, 0.25) is 0 Å². The Bertz CT molecular complexity index is 887. The van der Waals surface area contributed by atoms with Crippen LogP contribution < -0.4 is 10.5 Å². The third-order valence-corrected chi connectivity index (χ3v) is 5.35. The van der Waals surface area contributed by atoms with Gasteiger partial charge in [-0.25, -0.2) is 14.6 Å². The summed E-state index contributed by atoms with van der Waals surface area (Å²) in [5, 5.41) is 3.51. The highest BCUT2D eigenvalue weighted by molar-refractivity contribution is 5.50. The van der Waals surface area contributed by atoms with E-state index < -0.39 is 17.4 Å². The largest absolute Gasteiger partial charge is 0.435 e. The number of nitrogens with zero attached hydrogens (tertiary/aromatic N) is 5. The van der Waals surface area contributed by atoms with Crippen LogP contribution in [0.15, 0.2) is 23.3 Å². The monoisotopic (exact) mass is 379 g/mol. The van der Waals surface area contributed by atoms with Crippen LogP contribution in [0.3, 0.4) is 0 Å². The number of aromatic nitrogens is 4. The summed E-state index contributed by atoms with van der Waals surface area (Å²) in [5.74, 6) is 1.11. The molecule has 2 aliphatic rings. The zero-order chi connectivity index (χ0) is 19.0. The van der Waals surface area contributed by atoms with Crippen LogP contribution in [0.4, 0.5) is 19.0 Å². The molecule has 0 N–H and O–H groups in total. The zero-order valence-electron chi connectivity index (χ0n) is 14.7. The van der Waals surface area contributed by atoms with Gasteiger partial charge in [0.15, 0.2) is 5.69 Å². The van der Waals surface area contributed by atoms with Crippen molar-refractivity contribution in [3.05, 3.63) is 45.8 Å². The van der Waals surface area contributed by atoms with Crippen molar-refractivity contribution in [1.82, 2.24) is 19.7 Å². The number of fused-ring (bicyclic) bond motifs is 1. The predicted octanol–water partition coefficient (Wildman–Crippen LogP) is 2.46. The van der Waals surface area contributed by atoms with Crippen molar-refractivity contribution in [2.75, 3.05) is 18.0 Å². The Kier molecular flexibility index (Phi) is 4.61. The Morgan fingerprint density at radius 2 is 1.89 bits per heavy atom. The maximum atomic E-state index is 12.8. The minimum Gasteiger partial charge on any atom is -0.356 e. The molecule has 1 aliphatic carbocycles. The van der Waals surface area contributed by atoms with E-state index in [4.69, 9.17) is 0 Å². The average molecular weight is 379 g/mol. The highest BCUT2D eigenvalue weighted by Crippen LogP contribution is 2.31. The van der Waals surface area contributed by atoms with E-state index in [0.29, 0.717) is 0 Å². The van der Waals surface area contributed by atoms with Crippen molar-refractivity contribution in [2.45, 2.75) is 44.8 Å². The molecule has 0 aromatic carbocycles. The summed E-state index contributed by atoms with van der Waals surface area (Å²) in [4.78, 5) is 22.9. The molecule has 0 bridgehead atoms. The second-order valence-electron chi connectivity index (χ2n) is 7.14. The van der Waals surface area contributed by atoms with Gasteiger partial charge in [0.25, 0.3) is 5.56 Å². The van der Waals surface area contributed by atoms with Crippen molar-refractivity contribution < 1.29 is 13.2 Å². The summed E-state index contributed by atoms with van der Waals surface area (Å²) in [7, 11) is 0. The maximum Gasteiger partial charge on any atom is 0.435 e. The number of aryl methyl sites for hydroxylation is 1. The number of alkyl halides is 3. The lowest BCUT2D eigenvalue weighted by molar-refractivity contribution is -0.142. The molecule has 0 atom stereocenters. The highest BCUT2D eigenvalue weighted by Gasteiger charge is 2.33. The first-order chi connectivity index (χ1) is 12.9. The molecule has 2 aromatic heterocycles. The summed E-state index contributed by atoms with van der Waals surface area (Å²) in [6, 6.07) is 1.67. The third-order valence-electron chi connectivity index (χ3n) is 5.35. The van der Waals surface area contributed by atoms with E-state index in [1.165, 1.54) is 5.56 Å². The number of anilines is 1. The standard InChI is InChI=1S/C18H20F3N5O/c19-18(20,21)15-4-5-16(27)26(24-15)10-12-6-8-25(9-7-12)17-13-2-1-3-14(13)22-11-23-17/h4-5,11-12H,1-3,6-10H2. The summed E-state index contributed by atoms with van der Waals surface area (Å²) < 4.78 is 39.4. The molecule has 1 fully saturated rings. The smallest absolute Gasteiger partial charge is 0.356 e. The molecule has 6 nitrogen and oxygen atoms in total. The molecule has 9 heteroatoms. The molecule has 4 rings (SSSR count). The van der Waals surface area contributed by atoms with Gasteiger partial charge in [-0.2, -0.15) is 18.3 Å². The summed E-state index contributed by atoms with van der Waals surface area (Å²) >= 11 is 0. The van der Waals surface area contributed by atoms with Crippen molar-refractivity contribution in [3.8, 4) is 0 Å². The van der Waals surface area contributed by atoms with Crippen LogP contribution in [0.25, 0.3) is 0 Å². The molecule has 0 spiro atoms. The normalized spacial score (nSPS) is 18.0. The fourth-order valence-electron chi connectivity index (χ4n) is 3.92. The van der Waals surface area contributed by atoms with E-state index >= 15 is 0 Å². The number of piperidine rings is 1. The minimum absolute atomic E-state index is 0.116. The van der Waals surface area contributed by atoms with E-state index in [1.807, 2.05) is 0 Å². The summed E-state index contributed by atoms with van der Waals surface area (Å²) in [5.41, 5.74) is 0.823. The molecule has 0 amide bonds. The predicted molar refractivity (Wildman–Crippen MR) is 92.5 cm³/mol. The van der Waals surface area contributed by atoms with E-state index in [1.54, 1.807) is 6.33 Å². The number of hydrogen-bond donors (Lipinski definition) is 0. The number of rotatable bonds is 3. The van der Waals surface area contributed by atoms with Crippen molar-refractivity contribution >= 4 is 5.82 Å². The molecule has 1 aliphatic heterocycles. The molecule has 0 radical (unpaired) electrons. The second-order valence-corrected chi connectivity index (χ2v) is 7.14. The quantitative estimate of drug-likeness (QED) is 0.820. The van der Waals surface area contributed by atoms with Crippen LogP contribution in [-0.2, 0) is 25.6 Å². The van der Waals surface area contributed by atoms with E-state index in [-0.39, 0.29) is 12.5 Å². The molecular formula is C18H20F3N5O. The van der Waals surface area contributed by atoms with Crippen LogP contribution in [0.1, 0.15) is 36.2 Å². The van der Waals surface area contributed by atoms with Gasteiger partial charge >= 0.3 is 6.18 Å². The van der Waals surface area contributed by atoms with Gasteiger partial charge in [0.05, 0.1) is 0 Å². The van der Waals surface area contributed by atoms with Crippen LogP contribution in [0.5, 0.6) is 0 Å². The second kappa shape index (κ2) is 6.94. The first-order valence-electron chi connectivity index (χ1n) is 9.15. The van der Waals surface area contributed by atoms with Crippen LogP contribution in [0, 0.1) is 5.92 Å². The molecule has 1 saturated heterocycles. The van der Waals surface area contributed by atoms with Gasteiger partial charge in [-0.05, 0) is 44.1 Å². The van der Waals surface area contributed by atoms with Gasteiger partial charge < -0.3 is 4.90 Å². The zero-order valence-corrected chi connectivity index (χ0v) is 14.7. The van der Waals surface area contributed by atoms with Crippen LogP contribution in [-0.4, -0.2) is 32.8 Å². The van der Waals surface area contributed by atoms with E-state index in [9.17, 15) is 18.0 Å². The first kappa shape index (κ1) is 17.9. The van der Waals surface area contributed by atoms with Gasteiger partial charge in [-0.3, -0.25) is 4.79 Å². The summed E-state index contributed by atoms with van der Waals surface area (Å²) in [6.45, 7) is 1.74. The first-order valence-corrected chi connectivity index (χ1v) is 9.15. The Balaban J connectivity index is 1.44. The lowest BCUT2D eigenvalue weighted by Crippen LogP contribution is -2.38.